The van der Waals surface area contributed by atoms with Crippen LogP contribution in [0.3, 0.4) is 0 Å². The van der Waals surface area contributed by atoms with Crippen molar-refractivity contribution in [2.24, 2.45) is 0 Å². The highest BCUT2D eigenvalue weighted by molar-refractivity contribution is 5.90. The predicted molar refractivity (Wildman–Crippen MR) is 156 cm³/mol. The number of nitrogens with one attached hydrogen (secondary N) is 3. The quantitative estimate of drug-likeness (QED) is 0.380. The van der Waals surface area contributed by atoms with Gasteiger partial charge in [0.2, 0.25) is 0 Å². The Labute approximate surface area is 235 Å². The molecule has 10 nitrogen and oxygen atoms in total. The number of likely N-dealkylation sites (tertiary alicyclic amines) is 1. The van der Waals surface area contributed by atoms with Gasteiger partial charge < -0.3 is 15.1 Å². The number of carbonyl (C=O) groups is 1. The van der Waals surface area contributed by atoms with E-state index in [0.717, 1.165) is 95.0 Å². The van der Waals surface area contributed by atoms with Gasteiger partial charge in [-0.1, -0.05) is 30.3 Å². The fourth-order valence-corrected chi connectivity index (χ4v) is 5.60. The maximum atomic E-state index is 12.7. The minimum Gasteiger partial charge on any atom is -0.379 e. The van der Waals surface area contributed by atoms with E-state index in [9.17, 15) is 4.79 Å². The highest BCUT2D eigenvalue weighted by Crippen LogP contribution is 2.22. The smallest absolute Gasteiger partial charge is 0.320 e. The molecule has 1 atom stereocenters. The number of hydrazine groups is 1. The van der Waals surface area contributed by atoms with Crippen LogP contribution in [0.4, 0.5) is 10.6 Å². The maximum absolute atomic E-state index is 12.7. The van der Waals surface area contributed by atoms with Gasteiger partial charge in [0.25, 0.3) is 0 Å². The van der Waals surface area contributed by atoms with Crippen LogP contribution in [-0.2, 0) is 11.3 Å². The van der Waals surface area contributed by atoms with Crippen LogP contribution in [0.2, 0.25) is 0 Å². The summed E-state index contributed by atoms with van der Waals surface area (Å²) in [6.07, 6.45) is 6.10. The number of fused-ring (bicyclic) bond motifs is 1. The van der Waals surface area contributed by atoms with Crippen molar-refractivity contribution in [2.75, 3.05) is 64.3 Å². The number of pyridine rings is 2. The second kappa shape index (κ2) is 12.7. The highest BCUT2D eigenvalue weighted by Gasteiger charge is 2.24. The van der Waals surface area contributed by atoms with E-state index in [1.54, 1.807) is 6.07 Å². The largest absolute Gasteiger partial charge is 0.379 e. The second-order valence-corrected chi connectivity index (χ2v) is 10.8. The third kappa shape index (κ3) is 6.95. The predicted octanol–water partition coefficient (Wildman–Crippen LogP) is 2.91. The topological polar surface area (TPSA) is 97.9 Å². The van der Waals surface area contributed by atoms with E-state index < -0.39 is 0 Å². The molecule has 0 radical (unpaired) electrons. The third-order valence-electron chi connectivity index (χ3n) is 7.77. The Morgan fingerprint density at radius 1 is 1.02 bits per heavy atom. The van der Waals surface area contributed by atoms with Crippen LogP contribution in [0, 0.1) is 0 Å². The Morgan fingerprint density at radius 3 is 2.77 bits per heavy atom. The number of aromatic nitrogens is 2. The zero-order valence-electron chi connectivity index (χ0n) is 22.9. The number of nitrogens with zero attached hydrogens (tertiary/aromatic N) is 5. The van der Waals surface area contributed by atoms with E-state index >= 15 is 0 Å². The Morgan fingerprint density at radius 2 is 1.90 bits per heavy atom. The molecule has 2 fully saturated rings. The molecule has 6 rings (SSSR count). The molecular formula is C30H38N8O2. The first-order valence-corrected chi connectivity index (χ1v) is 14.3. The number of morpholine rings is 1. The lowest BCUT2D eigenvalue weighted by Gasteiger charge is -2.27. The van der Waals surface area contributed by atoms with Gasteiger partial charge in [0, 0.05) is 76.4 Å². The normalized spacial score (nSPS) is 20.1. The van der Waals surface area contributed by atoms with Crippen molar-refractivity contribution in [1.29, 1.82) is 0 Å². The van der Waals surface area contributed by atoms with Crippen molar-refractivity contribution in [3.05, 3.63) is 72.1 Å². The monoisotopic (exact) mass is 542 g/mol. The van der Waals surface area contributed by atoms with Gasteiger partial charge in [-0.25, -0.2) is 15.2 Å². The van der Waals surface area contributed by atoms with Gasteiger partial charge in [0.15, 0.2) is 0 Å². The number of urea groups is 1. The lowest BCUT2D eigenvalue weighted by Crippen LogP contribution is -2.39. The van der Waals surface area contributed by atoms with Gasteiger partial charge in [-0.05, 0) is 42.2 Å². The molecule has 0 bridgehead atoms. The van der Waals surface area contributed by atoms with Gasteiger partial charge >= 0.3 is 6.03 Å². The van der Waals surface area contributed by atoms with Crippen LogP contribution in [0.5, 0.6) is 0 Å². The van der Waals surface area contributed by atoms with Crippen molar-refractivity contribution in [3.63, 3.8) is 0 Å². The number of ether oxygens (including phenoxy) is 1. The molecule has 0 aliphatic carbocycles. The molecule has 3 aliphatic heterocycles. The van der Waals surface area contributed by atoms with E-state index in [1.165, 1.54) is 11.1 Å². The zero-order chi connectivity index (χ0) is 27.1. The van der Waals surface area contributed by atoms with Crippen molar-refractivity contribution in [2.45, 2.75) is 25.4 Å². The summed E-state index contributed by atoms with van der Waals surface area (Å²) in [5.74, 6) is 0.520. The summed E-state index contributed by atoms with van der Waals surface area (Å²) in [5.41, 5.74) is 8.53. The number of amides is 2. The standard InChI is InChI=1S/C30H38N8O2/c39-30(33-26-9-12-37(22-26)20-23-5-2-1-3-6-23)35-29-8-7-27-28(34-29)17-24(18-31-27)25-19-32-38(21-25)11-4-10-36-13-15-40-16-14-36/h1-3,5-8,17-18,21,26,32H,4,9-16,19-20,22H2,(H2,33,34,35,39)/t26-/m0/s1. The van der Waals surface area contributed by atoms with E-state index in [4.69, 9.17) is 9.72 Å². The molecular weight excluding hydrogens is 504 g/mol. The average Bonchev–Trinajstić information content (AvgIpc) is 3.63. The van der Waals surface area contributed by atoms with Crippen molar-refractivity contribution in [1.82, 2.24) is 35.5 Å². The highest BCUT2D eigenvalue weighted by atomic mass is 16.5. The van der Waals surface area contributed by atoms with E-state index in [0.29, 0.717) is 5.82 Å². The summed E-state index contributed by atoms with van der Waals surface area (Å²) in [5, 5.41) is 8.19. The van der Waals surface area contributed by atoms with Crippen molar-refractivity contribution < 1.29 is 9.53 Å². The second-order valence-electron chi connectivity index (χ2n) is 10.8. The van der Waals surface area contributed by atoms with Crippen LogP contribution >= 0.6 is 0 Å². The molecule has 1 aromatic carbocycles. The molecule has 2 saturated heterocycles. The number of anilines is 1. The number of carbonyl (C=O) groups excluding carboxylic acids is 1. The summed E-state index contributed by atoms with van der Waals surface area (Å²) < 4.78 is 5.44. The minimum absolute atomic E-state index is 0.121. The van der Waals surface area contributed by atoms with Crippen LogP contribution in [0.1, 0.15) is 24.0 Å². The van der Waals surface area contributed by atoms with Crippen LogP contribution < -0.4 is 16.1 Å². The molecule has 210 valence electrons. The van der Waals surface area contributed by atoms with E-state index in [-0.39, 0.29) is 12.1 Å². The van der Waals surface area contributed by atoms with Gasteiger partial charge in [0.05, 0.1) is 24.2 Å². The Bertz CT molecular complexity index is 1330. The number of rotatable bonds is 9. The van der Waals surface area contributed by atoms with Gasteiger partial charge in [0.1, 0.15) is 5.82 Å². The SMILES string of the molecule is O=C(Nc1ccc2ncc(C3=CN(CCCN4CCOCC4)NC3)cc2n1)N[C@H]1CCN(Cc2ccccc2)C1. The molecule has 3 aromatic rings. The molecule has 3 aliphatic rings. The Balaban J connectivity index is 1.01. The van der Waals surface area contributed by atoms with Gasteiger partial charge in [-0.15, -0.1) is 0 Å². The first-order chi connectivity index (χ1) is 19.7. The maximum Gasteiger partial charge on any atom is 0.320 e. The molecule has 2 amide bonds. The summed E-state index contributed by atoms with van der Waals surface area (Å²) in [6.45, 7) is 9.24. The first kappa shape index (κ1) is 26.6. The molecule has 10 heteroatoms. The van der Waals surface area contributed by atoms with Crippen LogP contribution in [-0.4, -0.2) is 95.9 Å². The summed E-state index contributed by atoms with van der Waals surface area (Å²) in [7, 11) is 0. The molecule has 3 N–H and O–H groups in total. The van der Waals surface area contributed by atoms with Crippen molar-refractivity contribution >= 4 is 28.5 Å². The van der Waals surface area contributed by atoms with Gasteiger partial charge in [-0.2, -0.15) is 0 Å². The fourth-order valence-electron chi connectivity index (χ4n) is 5.60. The summed E-state index contributed by atoms with van der Waals surface area (Å²) in [6, 6.07) is 16.1. The summed E-state index contributed by atoms with van der Waals surface area (Å²) >= 11 is 0. The number of benzene rings is 1. The third-order valence-corrected chi connectivity index (χ3v) is 7.77. The summed E-state index contributed by atoms with van der Waals surface area (Å²) in [4.78, 5) is 26.9. The molecule has 0 spiro atoms. The molecule has 40 heavy (non-hydrogen) atoms. The molecule has 5 heterocycles. The zero-order valence-corrected chi connectivity index (χ0v) is 22.9. The van der Waals surface area contributed by atoms with E-state index in [2.05, 4.69) is 72.4 Å². The van der Waals surface area contributed by atoms with Crippen molar-refractivity contribution in [3.8, 4) is 0 Å². The number of hydrogen-bond acceptors (Lipinski definition) is 8. The molecule has 0 saturated carbocycles. The van der Waals surface area contributed by atoms with Crippen LogP contribution in [0.15, 0.2) is 60.9 Å². The Kier molecular flexibility index (Phi) is 8.48. The average molecular weight is 543 g/mol. The Hall–Kier alpha value is -3.57. The first-order valence-electron chi connectivity index (χ1n) is 14.3. The number of hydrogen-bond donors (Lipinski definition) is 3. The minimum atomic E-state index is -0.224. The molecule has 2 aromatic heterocycles. The van der Waals surface area contributed by atoms with Crippen LogP contribution in [0.25, 0.3) is 16.6 Å². The lowest BCUT2D eigenvalue weighted by atomic mass is 10.1. The molecule has 0 unspecified atom stereocenters. The fraction of sp³-hybridized carbons (Fsp3) is 0.433. The van der Waals surface area contributed by atoms with E-state index in [1.807, 2.05) is 18.3 Å². The lowest BCUT2D eigenvalue weighted by molar-refractivity contribution is 0.0363. The van der Waals surface area contributed by atoms with Gasteiger partial charge in [-0.3, -0.25) is 20.1 Å².